The molecule has 1 amide bonds. The van der Waals surface area contributed by atoms with Gasteiger partial charge in [0.1, 0.15) is 5.15 Å². The maximum absolute atomic E-state index is 12.1. The molecule has 2 rings (SSSR count). The van der Waals surface area contributed by atoms with Crippen LogP contribution >= 0.6 is 11.6 Å². The van der Waals surface area contributed by atoms with Crippen molar-refractivity contribution >= 4 is 23.2 Å². The summed E-state index contributed by atoms with van der Waals surface area (Å²) in [5.41, 5.74) is 1.58. The molecular weight excluding hydrogens is 274 g/mol. The van der Waals surface area contributed by atoms with E-state index in [9.17, 15) is 4.79 Å². The molecule has 1 aliphatic rings. The normalized spacial score (nSPS) is 20.4. The van der Waals surface area contributed by atoms with Crippen LogP contribution in [0.1, 0.15) is 31.7 Å². The van der Waals surface area contributed by atoms with Crippen molar-refractivity contribution in [3.05, 3.63) is 23.0 Å². The minimum Gasteiger partial charge on any atom is -0.325 e. The smallest absolute Gasteiger partial charge is 0.224 e. The van der Waals surface area contributed by atoms with E-state index in [0.29, 0.717) is 29.1 Å². The molecule has 2 heterocycles. The lowest BCUT2D eigenvalue weighted by molar-refractivity contribution is -0.117. The standard InChI is InChI=1S/C15H22ClN3O/c1-10(12-4-3-5-17-8-12)7-14(20)19-13-6-11(2)15(16)18-9-13/h6,9-10,12,17H,3-5,7-8H2,1-2H3,(H,19,20). The summed E-state index contributed by atoms with van der Waals surface area (Å²) in [4.78, 5) is 16.1. The SMILES string of the molecule is Cc1cc(NC(=O)CC(C)C2CCCNC2)cnc1Cl. The van der Waals surface area contributed by atoms with Crippen LogP contribution < -0.4 is 10.6 Å². The Balaban J connectivity index is 1.86. The van der Waals surface area contributed by atoms with Crippen molar-refractivity contribution in [1.29, 1.82) is 0 Å². The number of halogens is 1. The number of anilines is 1. The molecule has 2 unspecified atom stereocenters. The minimum atomic E-state index is 0.0478. The molecule has 2 N–H and O–H groups in total. The van der Waals surface area contributed by atoms with Crippen molar-refractivity contribution in [2.75, 3.05) is 18.4 Å². The first kappa shape index (κ1) is 15.3. The van der Waals surface area contributed by atoms with Gasteiger partial charge in [-0.1, -0.05) is 18.5 Å². The lowest BCUT2D eigenvalue weighted by Gasteiger charge is -2.28. The van der Waals surface area contributed by atoms with E-state index in [0.717, 1.165) is 18.7 Å². The first-order valence-electron chi connectivity index (χ1n) is 7.19. The van der Waals surface area contributed by atoms with Crippen molar-refractivity contribution < 1.29 is 4.79 Å². The maximum Gasteiger partial charge on any atom is 0.224 e. The predicted octanol–water partition coefficient (Wildman–Crippen LogP) is 3.01. The molecule has 1 fully saturated rings. The van der Waals surface area contributed by atoms with Crippen molar-refractivity contribution in [2.24, 2.45) is 11.8 Å². The number of rotatable bonds is 4. The number of hydrogen-bond acceptors (Lipinski definition) is 3. The molecule has 0 aromatic carbocycles. The van der Waals surface area contributed by atoms with E-state index in [-0.39, 0.29) is 5.91 Å². The molecule has 0 spiro atoms. The molecule has 1 aromatic heterocycles. The fraction of sp³-hybridized carbons (Fsp3) is 0.600. The molecule has 1 aromatic rings. The summed E-state index contributed by atoms with van der Waals surface area (Å²) in [6, 6.07) is 1.85. The van der Waals surface area contributed by atoms with Gasteiger partial charge in [0.05, 0.1) is 11.9 Å². The summed E-state index contributed by atoms with van der Waals surface area (Å²) in [7, 11) is 0. The van der Waals surface area contributed by atoms with E-state index >= 15 is 0 Å². The highest BCUT2D eigenvalue weighted by Crippen LogP contribution is 2.23. The largest absolute Gasteiger partial charge is 0.325 e. The van der Waals surface area contributed by atoms with Crippen molar-refractivity contribution in [2.45, 2.75) is 33.1 Å². The van der Waals surface area contributed by atoms with E-state index in [1.807, 2.05) is 13.0 Å². The van der Waals surface area contributed by atoms with Crippen LogP contribution in [0.25, 0.3) is 0 Å². The number of hydrogen-bond donors (Lipinski definition) is 2. The summed E-state index contributed by atoms with van der Waals surface area (Å²) in [6.07, 6.45) is 4.56. The van der Waals surface area contributed by atoms with Crippen molar-refractivity contribution in [3.8, 4) is 0 Å². The molecule has 5 heteroatoms. The number of nitrogens with zero attached hydrogens (tertiary/aromatic N) is 1. The summed E-state index contributed by atoms with van der Waals surface area (Å²) >= 11 is 5.87. The van der Waals surface area contributed by atoms with E-state index < -0.39 is 0 Å². The number of piperidine rings is 1. The van der Waals surface area contributed by atoms with Crippen molar-refractivity contribution in [3.63, 3.8) is 0 Å². The van der Waals surface area contributed by atoms with Gasteiger partial charge in [0.2, 0.25) is 5.91 Å². The van der Waals surface area contributed by atoms with Gasteiger partial charge in [-0.25, -0.2) is 4.98 Å². The van der Waals surface area contributed by atoms with Gasteiger partial charge >= 0.3 is 0 Å². The Labute approximate surface area is 125 Å². The van der Waals surface area contributed by atoms with Crippen LogP contribution in [0, 0.1) is 18.8 Å². The third kappa shape index (κ3) is 4.18. The number of aryl methyl sites for hydroxylation is 1. The predicted molar refractivity (Wildman–Crippen MR) is 82.0 cm³/mol. The Morgan fingerprint density at radius 2 is 2.45 bits per heavy atom. The Morgan fingerprint density at radius 3 is 3.10 bits per heavy atom. The summed E-state index contributed by atoms with van der Waals surface area (Å²) in [5, 5.41) is 6.77. The van der Waals surface area contributed by atoms with Gasteiger partial charge in [0, 0.05) is 6.42 Å². The van der Waals surface area contributed by atoms with Crippen LogP contribution in [-0.2, 0) is 4.79 Å². The molecule has 0 bridgehead atoms. The van der Waals surface area contributed by atoms with Gasteiger partial charge in [-0.2, -0.15) is 0 Å². The first-order chi connectivity index (χ1) is 9.56. The quantitative estimate of drug-likeness (QED) is 0.840. The van der Waals surface area contributed by atoms with Crippen LogP contribution in [0.5, 0.6) is 0 Å². The zero-order valence-corrected chi connectivity index (χ0v) is 12.8. The Morgan fingerprint density at radius 1 is 1.65 bits per heavy atom. The highest BCUT2D eigenvalue weighted by molar-refractivity contribution is 6.30. The highest BCUT2D eigenvalue weighted by atomic mass is 35.5. The Hall–Kier alpha value is -1.13. The summed E-state index contributed by atoms with van der Waals surface area (Å²) in [5.74, 6) is 1.04. The maximum atomic E-state index is 12.1. The zero-order valence-electron chi connectivity index (χ0n) is 12.1. The van der Waals surface area contributed by atoms with E-state index in [2.05, 4.69) is 22.5 Å². The summed E-state index contributed by atoms with van der Waals surface area (Å²) in [6.45, 7) is 6.16. The number of carbonyl (C=O) groups is 1. The van der Waals surface area contributed by atoms with Gasteiger partial charge in [0.25, 0.3) is 0 Å². The number of amides is 1. The first-order valence-corrected chi connectivity index (χ1v) is 7.56. The molecule has 0 saturated carbocycles. The molecule has 1 aliphatic heterocycles. The van der Waals surface area contributed by atoms with E-state index in [4.69, 9.17) is 11.6 Å². The molecule has 4 nitrogen and oxygen atoms in total. The number of pyridine rings is 1. The molecule has 0 aliphatic carbocycles. The molecule has 2 atom stereocenters. The number of nitrogens with one attached hydrogen (secondary N) is 2. The second-order valence-electron chi connectivity index (χ2n) is 5.67. The molecular formula is C15H22ClN3O. The zero-order chi connectivity index (χ0) is 14.5. The Bertz CT molecular complexity index is 472. The lowest BCUT2D eigenvalue weighted by Crippen LogP contribution is -2.34. The van der Waals surface area contributed by atoms with Crippen LogP contribution in [0.4, 0.5) is 5.69 Å². The van der Waals surface area contributed by atoms with E-state index in [1.54, 1.807) is 6.20 Å². The van der Waals surface area contributed by atoms with Gasteiger partial charge in [0.15, 0.2) is 0 Å². The second-order valence-corrected chi connectivity index (χ2v) is 6.03. The fourth-order valence-corrected chi connectivity index (χ4v) is 2.77. The molecule has 20 heavy (non-hydrogen) atoms. The van der Waals surface area contributed by atoms with Crippen LogP contribution in [-0.4, -0.2) is 24.0 Å². The van der Waals surface area contributed by atoms with Gasteiger partial charge in [-0.15, -0.1) is 0 Å². The third-order valence-electron chi connectivity index (χ3n) is 3.95. The topological polar surface area (TPSA) is 54.0 Å². The minimum absolute atomic E-state index is 0.0478. The highest BCUT2D eigenvalue weighted by Gasteiger charge is 2.22. The van der Waals surface area contributed by atoms with Crippen molar-refractivity contribution in [1.82, 2.24) is 10.3 Å². The average Bonchev–Trinajstić information content (AvgIpc) is 2.44. The fourth-order valence-electron chi connectivity index (χ4n) is 2.66. The van der Waals surface area contributed by atoms with Gasteiger partial charge in [-0.3, -0.25) is 4.79 Å². The molecule has 1 saturated heterocycles. The number of aromatic nitrogens is 1. The summed E-state index contributed by atoms with van der Waals surface area (Å²) < 4.78 is 0. The van der Waals surface area contributed by atoms with Crippen LogP contribution in [0.3, 0.4) is 0 Å². The van der Waals surface area contributed by atoms with Gasteiger partial charge in [-0.05, 0) is 56.3 Å². The van der Waals surface area contributed by atoms with Crippen LogP contribution in [0.2, 0.25) is 5.15 Å². The lowest BCUT2D eigenvalue weighted by atomic mass is 9.85. The monoisotopic (exact) mass is 295 g/mol. The third-order valence-corrected chi connectivity index (χ3v) is 4.34. The number of carbonyl (C=O) groups excluding carboxylic acids is 1. The molecule has 110 valence electrons. The van der Waals surface area contributed by atoms with Gasteiger partial charge < -0.3 is 10.6 Å². The molecule has 0 radical (unpaired) electrons. The van der Waals surface area contributed by atoms with Crippen LogP contribution in [0.15, 0.2) is 12.3 Å². The second kappa shape index (κ2) is 7.04. The van der Waals surface area contributed by atoms with E-state index in [1.165, 1.54) is 12.8 Å². The Kier molecular flexibility index (Phi) is 5.38. The average molecular weight is 296 g/mol.